The van der Waals surface area contributed by atoms with Crippen LogP contribution in [0.25, 0.3) is 11.0 Å². The maximum Gasteiger partial charge on any atom is 0.224 e. The number of nitrogens with zero attached hydrogens (tertiary/aromatic N) is 5. The highest BCUT2D eigenvalue weighted by Crippen LogP contribution is 2.34. The molecule has 2 aromatic heterocycles. The molecule has 0 saturated heterocycles. The fourth-order valence-electron chi connectivity index (χ4n) is 2.84. The van der Waals surface area contributed by atoms with Crippen molar-refractivity contribution in [3.63, 3.8) is 0 Å². The van der Waals surface area contributed by atoms with Gasteiger partial charge in [-0.05, 0) is 45.6 Å². The van der Waals surface area contributed by atoms with Crippen LogP contribution < -0.4 is 4.90 Å². The first-order valence-electron chi connectivity index (χ1n) is 8.57. The number of carbonyl (C=O) groups excluding carboxylic acids is 1. The maximum absolute atomic E-state index is 13.4. The van der Waals surface area contributed by atoms with Crippen LogP contribution in [-0.2, 0) is 17.9 Å². The SMILES string of the molecule is CC(=O)N(Cc1cccc(F)n1)c1ccc2c(nnn2CC(C)(C)C)c1Br. The van der Waals surface area contributed by atoms with Gasteiger partial charge in [-0.3, -0.25) is 4.79 Å². The number of pyridine rings is 1. The van der Waals surface area contributed by atoms with Crippen molar-refractivity contribution in [1.29, 1.82) is 0 Å². The first kappa shape index (κ1) is 19.4. The first-order chi connectivity index (χ1) is 12.7. The van der Waals surface area contributed by atoms with Crippen molar-refractivity contribution >= 4 is 38.6 Å². The lowest BCUT2D eigenvalue weighted by atomic mass is 9.97. The number of hydrogen-bond donors (Lipinski definition) is 0. The molecule has 142 valence electrons. The Morgan fingerprint density at radius 2 is 2.00 bits per heavy atom. The van der Waals surface area contributed by atoms with Gasteiger partial charge in [-0.15, -0.1) is 5.10 Å². The number of hydrogen-bond acceptors (Lipinski definition) is 4. The van der Waals surface area contributed by atoms with Crippen LogP contribution in [0.1, 0.15) is 33.4 Å². The highest BCUT2D eigenvalue weighted by Gasteiger charge is 2.21. The molecule has 0 atom stereocenters. The second-order valence-electron chi connectivity index (χ2n) is 7.63. The largest absolute Gasteiger partial charge is 0.305 e. The zero-order valence-electron chi connectivity index (χ0n) is 15.7. The van der Waals surface area contributed by atoms with E-state index in [2.05, 4.69) is 52.0 Å². The maximum atomic E-state index is 13.4. The molecular weight excluding hydrogens is 413 g/mol. The van der Waals surface area contributed by atoms with Crippen molar-refractivity contribution < 1.29 is 9.18 Å². The Morgan fingerprint density at radius 3 is 2.63 bits per heavy atom. The summed E-state index contributed by atoms with van der Waals surface area (Å²) < 4.78 is 15.9. The first-order valence-corrected chi connectivity index (χ1v) is 9.36. The molecule has 0 spiro atoms. The minimum Gasteiger partial charge on any atom is -0.305 e. The van der Waals surface area contributed by atoms with Crippen molar-refractivity contribution in [2.45, 2.75) is 40.8 Å². The molecule has 0 N–H and O–H groups in total. The van der Waals surface area contributed by atoms with E-state index < -0.39 is 5.95 Å². The molecule has 0 aliphatic heterocycles. The number of benzene rings is 1. The predicted molar refractivity (Wildman–Crippen MR) is 106 cm³/mol. The van der Waals surface area contributed by atoms with Crippen LogP contribution in [0.4, 0.5) is 10.1 Å². The summed E-state index contributed by atoms with van der Waals surface area (Å²) in [5.74, 6) is -0.751. The lowest BCUT2D eigenvalue weighted by molar-refractivity contribution is -0.116. The molecule has 0 aliphatic carbocycles. The molecule has 0 bridgehead atoms. The van der Waals surface area contributed by atoms with E-state index in [0.717, 1.165) is 12.1 Å². The third-order valence-electron chi connectivity index (χ3n) is 3.99. The highest BCUT2D eigenvalue weighted by molar-refractivity contribution is 9.10. The van der Waals surface area contributed by atoms with E-state index in [-0.39, 0.29) is 17.9 Å². The Hall–Kier alpha value is -2.35. The van der Waals surface area contributed by atoms with Gasteiger partial charge in [0, 0.05) is 13.5 Å². The van der Waals surface area contributed by atoms with E-state index in [4.69, 9.17) is 0 Å². The van der Waals surface area contributed by atoms with E-state index in [9.17, 15) is 9.18 Å². The van der Waals surface area contributed by atoms with Crippen molar-refractivity contribution in [3.05, 3.63) is 46.4 Å². The number of rotatable bonds is 4. The fourth-order valence-corrected chi connectivity index (χ4v) is 3.46. The van der Waals surface area contributed by atoms with Crippen LogP contribution in [0.3, 0.4) is 0 Å². The van der Waals surface area contributed by atoms with Crippen LogP contribution in [0.2, 0.25) is 0 Å². The van der Waals surface area contributed by atoms with Crippen LogP contribution in [0, 0.1) is 11.4 Å². The summed E-state index contributed by atoms with van der Waals surface area (Å²) in [7, 11) is 0. The number of anilines is 1. The van der Waals surface area contributed by atoms with E-state index in [1.54, 1.807) is 12.1 Å². The minimum absolute atomic E-state index is 0.0558. The van der Waals surface area contributed by atoms with E-state index >= 15 is 0 Å². The quantitative estimate of drug-likeness (QED) is 0.574. The van der Waals surface area contributed by atoms with Gasteiger partial charge in [0.2, 0.25) is 11.9 Å². The van der Waals surface area contributed by atoms with Crippen molar-refractivity contribution in [1.82, 2.24) is 20.0 Å². The predicted octanol–water partition coefficient (Wildman–Crippen LogP) is 4.33. The summed E-state index contributed by atoms with van der Waals surface area (Å²) in [6, 6.07) is 8.28. The molecule has 27 heavy (non-hydrogen) atoms. The molecule has 0 unspecified atom stereocenters. The smallest absolute Gasteiger partial charge is 0.224 e. The monoisotopic (exact) mass is 433 g/mol. The van der Waals surface area contributed by atoms with E-state index in [0.29, 0.717) is 21.4 Å². The molecule has 0 radical (unpaired) electrons. The summed E-state index contributed by atoms with van der Waals surface area (Å²) in [6.07, 6.45) is 0. The van der Waals surface area contributed by atoms with Gasteiger partial charge in [-0.2, -0.15) is 4.39 Å². The average molecular weight is 434 g/mol. The molecule has 1 amide bonds. The normalized spacial score (nSPS) is 11.8. The zero-order chi connectivity index (χ0) is 19.8. The summed E-state index contributed by atoms with van der Waals surface area (Å²) in [4.78, 5) is 17.6. The van der Waals surface area contributed by atoms with Crippen molar-refractivity contribution in [2.75, 3.05) is 4.90 Å². The van der Waals surface area contributed by atoms with Gasteiger partial charge in [0.15, 0.2) is 0 Å². The summed E-state index contributed by atoms with van der Waals surface area (Å²) in [5, 5.41) is 8.53. The van der Waals surface area contributed by atoms with Crippen LogP contribution >= 0.6 is 15.9 Å². The summed E-state index contributed by atoms with van der Waals surface area (Å²) in [5.41, 5.74) is 2.72. The Kier molecular flexibility index (Phi) is 5.28. The second-order valence-corrected chi connectivity index (χ2v) is 8.42. The van der Waals surface area contributed by atoms with Gasteiger partial charge in [-0.1, -0.05) is 32.1 Å². The number of carbonyl (C=O) groups is 1. The lowest BCUT2D eigenvalue weighted by Gasteiger charge is -2.22. The fraction of sp³-hybridized carbons (Fsp3) is 0.368. The highest BCUT2D eigenvalue weighted by atomic mass is 79.9. The summed E-state index contributed by atoms with van der Waals surface area (Å²) in [6.45, 7) is 8.74. The Balaban J connectivity index is 2.01. The van der Waals surface area contributed by atoms with Gasteiger partial charge in [-0.25, -0.2) is 9.67 Å². The van der Waals surface area contributed by atoms with Crippen LogP contribution in [0.15, 0.2) is 34.8 Å². The second kappa shape index (κ2) is 7.34. The van der Waals surface area contributed by atoms with E-state index in [1.807, 2.05) is 16.8 Å². The van der Waals surface area contributed by atoms with Gasteiger partial charge >= 0.3 is 0 Å². The molecular formula is C19H21BrFN5O. The van der Waals surface area contributed by atoms with Crippen molar-refractivity contribution in [3.8, 4) is 0 Å². The van der Waals surface area contributed by atoms with Gasteiger partial charge in [0.1, 0.15) is 5.52 Å². The van der Waals surface area contributed by atoms with Gasteiger partial charge in [0.05, 0.1) is 27.9 Å². The Morgan fingerprint density at radius 1 is 1.26 bits per heavy atom. The molecule has 8 heteroatoms. The number of halogens is 2. The lowest BCUT2D eigenvalue weighted by Crippen LogP contribution is -2.28. The zero-order valence-corrected chi connectivity index (χ0v) is 17.3. The van der Waals surface area contributed by atoms with E-state index in [1.165, 1.54) is 17.9 Å². The average Bonchev–Trinajstić information content (AvgIpc) is 2.95. The number of aromatic nitrogens is 4. The molecule has 6 nitrogen and oxygen atoms in total. The number of fused-ring (bicyclic) bond motifs is 1. The summed E-state index contributed by atoms with van der Waals surface area (Å²) >= 11 is 3.57. The van der Waals surface area contributed by atoms with Gasteiger partial charge < -0.3 is 4.90 Å². The minimum atomic E-state index is -0.573. The number of amides is 1. The molecule has 0 aliphatic rings. The van der Waals surface area contributed by atoms with Crippen molar-refractivity contribution in [2.24, 2.45) is 5.41 Å². The van der Waals surface area contributed by atoms with Gasteiger partial charge in [0.25, 0.3) is 0 Å². The molecule has 3 aromatic rings. The standard InChI is InChI=1S/C19H21BrFN5O/c1-12(27)25(10-13-6-5-7-16(21)22-13)14-8-9-15-18(17(14)20)23-24-26(15)11-19(2,3)4/h5-9H,10-11H2,1-4H3. The molecule has 0 saturated carbocycles. The topological polar surface area (TPSA) is 63.9 Å². The third-order valence-corrected chi connectivity index (χ3v) is 4.77. The Labute approximate surface area is 165 Å². The molecule has 0 fully saturated rings. The molecule has 2 heterocycles. The third kappa shape index (κ3) is 4.32. The Bertz CT molecular complexity index is 995. The van der Waals surface area contributed by atoms with Crippen LogP contribution in [-0.4, -0.2) is 25.9 Å². The molecule has 1 aromatic carbocycles. The molecule has 3 rings (SSSR count). The van der Waals surface area contributed by atoms with Crippen LogP contribution in [0.5, 0.6) is 0 Å².